The number of hydrogen-bond donors (Lipinski definition) is 4. The molecule has 0 saturated carbocycles. The standard InChI is InChI=1S/C8H19N5O/c1-2-11-8(13-10)12-6-4-3-5-7(9)14/h2-6,10H2,1H3,(H2,9,14)(H2,11,12,13). The van der Waals surface area contributed by atoms with Gasteiger partial charge in [-0.2, -0.15) is 0 Å². The monoisotopic (exact) mass is 201 g/mol. The van der Waals surface area contributed by atoms with Crippen molar-refractivity contribution >= 4 is 11.9 Å². The molecule has 6 N–H and O–H groups in total. The number of unbranched alkanes of at least 4 members (excludes halogenated alkanes) is 1. The molecule has 0 fully saturated rings. The fourth-order valence-corrected chi connectivity index (χ4v) is 0.922. The smallest absolute Gasteiger partial charge is 0.217 e. The van der Waals surface area contributed by atoms with Gasteiger partial charge in [0.25, 0.3) is 0 Å². The topological polar surface area (TPSA) is 106 Å². The quantitative estimate of drug-likeness (QED) is 0.146. The first-order chi connectivity index (χ1) is 6.70. The third-order valence-corrected chi connectivity index (χ3v) is 1.58. The molecule has 1 amide bonds. The average Bonchev–Trinajstić information content (AvgIpc) is 2.15. The largest absolute Gasteiger partial charge is 0.370 e. The summed E-state index contributed by atoms with van der Waals surface area (Å²) in [5, 5.41) is 2.95. The van der Waals surface area contributed by atoms with E-state index in [0.717, 1.165) is 19.4 Å². The van der Waals surface area contributed by atoms with Crippen LogP contribution in [0.1, 0.15) is 26.2 Å². The fraction of sp³-hybridized carbons (Fsp3) is 0.750. The summed E-state index contributed by atoms with van der Waals surface area (Å²) < 4.78 is 0. The highest BCUT2D eigenvalue weighted by Crippen LogP contribution is 1.94. The number of nitrogens with two attached hydrogens (primary N) is 2. The van der Waals surface area contributed by atoms with Crippen molar-refractivity contribution in [2.75, 3.05) is 13.1 Å². The maximum Gasteiger partial charge on any atom is 0.217 e. The van der Waals surface area contributed by atoms with Crippen LogP contribution < -0.4 is 22.3 Å². The van der Waals surface area contributed by atoms with Gasteiger partial charge in [-0.3, -0.25) is 15.2 Å². The van der Waals surface area contributed by atoms with Crippen LogP contribution in [0.15, 0.2) is 4.99 Å². The molecule has 0 aliphatic rings. The number of guanidine groups is 1. The minimum atomic E-state index is -0.266. The first-order valence-corrected chi connectivity index (χ1v) is 4.74. The van der Waals surface area contributed by atoms with Gasteiger partial charge >= 0.3 is 0 Å². The Kier molecular flexibility index (Phi) is 7.53. The highest BCUT2D eigenvalue weighted by atomic mass is 16.1. The summed E-state index contributed by atoms with van der Waals surface area (Å²) in [4.78, 5) is 14.5. The molecule has 0 aliphatic heterocycles. The van der Waals surface area contributed by atoms with E-state index in [1.807, 2.05) is 6.92 Å². The summed E-state index contributed by atoms with van der Waals surface area (Å²) in [6, 6.07) is 0. The summed E-state index contributed by atoms with van der Waals surface area (Å²) in [5.74, 6) is 5.51. The number of aliphatic imine (C=N–C) groups is 1. The van der Waals surface area contributed by atoms with Crippen LogP contribution in [0, 0.1) is 0 Å². The molecular weight excluding hydrogens is 182 g/mol. The summed E-state index contributed by atoms with van der Waals surface area (Å²) >= 11 is 0. The molecule has 0 rings (SSSR count). The summed E-state index contributed by atoms with van der Waals surface area (Å²) in [5.41, 5.74) is 7.44. The summed E-state index contributed by atoms with van der Waals surface area (Å²) in [6.07, 6.45) is 2.02. The molecule has 0 heterocycles. The van der Waals surface area contributed by atoms with Crippen molar-refractivity contribution in [2.24, 2.45) is 16.6 Å². The van der Waals surface area contributed by atoms with E-state index < -0.39 is 0 Å². The number of carbonyl (C=O) groups excluding carboxylic acids is 1. The van der Waals surface area contributed by atoms with Gasteiger partial charge in [0, 0.05) is 19.5 Å². The minimum absolute atomic E-state index is 0.266. The number of primary amides is 1. The van der Waals surface area contributed by atoms with Gasteiger partial charge in [0.1, 0.15) is 0 Å². The molecule has 14 heavy (non-hydrogen) atoms. The molecule has 0 radical (unpaired) electrons. The fourth-order valence-electron chi connectivity index (χ4n) is 0.922. The highest BCUT2D eigenvalue weighted by molar-refractivity contribution is 5.79. The molecule has 82 valence electrons. The number of amides is 1. The predicted octanol–water partition coefficient (Wildman–Crippen LogP) is -0.929. The van der Waals surface area contributed by atoms with Crippen molar-refractivity contribution in [1.29, 1.82) is 0 Å². The molecule has 0 atom stereocenters. The third-order valence-electron chi connectivity index (χ3n) is 1.58. The molecule has 0 unspecified atom stereocenters. The zero-order valence-electron chi connectivity index (χ0n) is 8.55. The number of hydrogen-bond acceptors (Lipinski definition) is 3. The first-order valence-electron chi connectivity index (χ1n) is 4.74. The van der Waals surface area contributed by atoms with Crippen LogP contribution in [0.3, 0.4) is 0 Å². The van der Waals surface area contributed by atoms with Crippen molar-refractivity contribution in [2.45, 2.75) is 26.2 Å². The summed E-state index contributed by atoms with van der Waals surface area (Å²) in [6.45, 7) is 3.37. The Labute approximate surface area is 84.1 Å². The van der Waals surface area contributed by atoms with Crippen LogP contribution in [0.25, 0.3) is 0 Å². The van der Waals surface area contributed by atoms with Gasteiger partial charge < -0.3 is 11.1 Å². The van der Waals surface area contributed by atoms with Crippen LogP contribution in [0.5, 0.6) is 0 Å². The van der Waals surface area contributed by atoms with E-state index in [9.17, 15) is 4.79 Å². The molecule has 0 aromatic carbocycles. The lowest BCUT2D eigenvalue weighted by molar-refractivity contribution is -0.118. The second kappa shape index (κ2) is 8.31. The van der Waals surface area contributed by atoms with E-state index in [1.54, 1.807) is 0 Å². The molecule has 0 aromatic rings. The van der Waals surface area contributed by atoms with Gasteiger partial charge in [-0.1, -0.05) is 0 Å². The van der Waals surface area contributed by atoms with Crippen LogP contribution in [-0.4, -0.2) is 25.0 Å². The summed E-state index contributed by atoms with van der Waals surface area (Å²) in [7, 11) is 0. The normalized spacial score (nSPS) is 11.1. The molecule has 6 nitrogen and oxygen atoms in total. The lowest BCUT2D eigenvalue weighted by Gasteiger charge is -2.05. The maximum absolute atomic E-state index is 10.4. The molecule has 0 aromatic heterocycles. The zero-order chi connectivity index (χ0) is 10.8. The van der Waals surface area contributed by atoms with Gasteiger partial charge in [0.2, 0.25) is 11.9 Å². The van der Waals surface area contributed by atoms with E-state index in [-0.39, 0.29) is 5.91 Å². The SMILES string of the molecule is CCNC(=NCCCCC(N)=O)NN. The van der Waals surface area contributed by atoms with Crippen LogP contribution in [0.4, 0.5) is 0 Å². The molecule has 6 heteroatoms. The van der Waals surface area contributed by atoms with Crippen molar-refractivity contribution in [1.82, 2.24) is 10.7 Å². The molecule has 0 spiro atoms. The van der Waals surface area contributed by atoms with Gasteiger partial charge in [-0.25, -0.2) is 5.84 Å². The van der Waals surface area contributed by atoms with E-state index in [4.69, 9.17) is 11.6 Å². The second-order valence-electron chi connectivity index (χ2n) is 2.83. The lowest BCUT2D eigenvalue weighted by atomic mass is 10.2. The van der Waals surface area contributed by atoms with Gasteiger partial charge in [-0.05, 0) is 19.8 Å². The van der Waals surface area contributed by atoms with E-state index in [1.165, 1.54) is 0 Å². The number of nitrogens with zero attached hydrogens (tertiary/aromatic N) is 1. The van der Waals surface area contributed by atoms with E-state index in [0.29, 0.717) is 18.9 Å². The van der Waals surface area contributed by atoms with Gasteiger partial charge in [0.05, 0.1) is 0 Å². The van der Waals surface area contributed by atoms with Crippen LogP contribution in [0.2, 0.25) is 0 Å². The minimum Gasteiger partial charge on any atom is -0.370 e. The Hall–Kier alpha value is -1.30. The van der Waals surface area contributed by atoms with Crippen molar-refractivity contribution < 1.29 is 4.79 Å². The Bertz CT molecular complexity index is 192. The highest BCUT2D eigenvalue weighted by Gasteiger charge is 1.95. The maximum atomic E-state index is 10.4. The molecule has 0 aliphatic carbocycles. The lowest BCUT2D eigenvalue weighted by Crippen LogP contribution is -2.41. The van der Waals surface area contributed by atoms with Gasteiger partial charge in [-0.15, -0.1) is 0 Å². The van der Waals surface area contributed by atoms with E-state index in [2.05, 4.69) is 15.7 Å². The van der Waals surface area contributed by atoms with Crippen LogP contribution >= 0.6 is 0 Å². The second-order valence-corrected chi connectivity index (χ2v) is 2.83. The Morgan fingerprint density at radius 2 is 2.14 bits per heavy atom. The Morgan fingerprint density at radius 1 is 1.43 bits per heavy atom. The number of carbonyl (C=O) groups is 1. The van der Waals surface area contributed by atoms with Crippen molar-refractivity contribution in [3.05, 3.63) is 0 Å². The Morgan fingerprint density at radius 3 is 2.64 bits per heavy atom. The predicted molar refractivity (Wildman–Crippen MR) is 56.3 cm³/mol. The van der Waals surface area contributed by atoms with Gasteiger partial charge in [0.15, 0.2) is 0 Å². The first kappa shape index (κ1) is 12.7. The average molecular weight is 201 g/mol. The molecular formula is C8H19N5O. The number of rotatable bonds is 6. The number of nitrogens with one attached hydrogen (secondary N) is 2. The Balaban J connectivity index is 3.52. The molecule has 0 saturated heterocycles. The third kappa shape index (κ3) is 7.35. The number of hydrazine groups is 1. The van der Waals surface area contributed by atoms with Crippen LogP contribution in [-0.2, 0) is 4.79 Å². The van der Waals surface area contributed by atoms with Crippen molar-refractivity contribution in [3.63, 3.8) is 0 Å². The van der Waals surface area contributed by atoms with Crippen molar-refractivity contribution in [3.8, 4) is 0 Å². The molecule has 0 bridgehead atoms. The van der Waals surface area contributed by atoms with E-state index >= 15 is 0 Å². The zero-order valence-corrected chi connectivity index (χ0v) is 8.55.